The van der Waals surface area contributed by atoms with E-state index in [2.05, 4.69) is 11.4 Å². The highest BCUT2D eigenvalue weighted by Crippen LogP contribution is 2.14. The van der Waals surface area contributed by atoms with Gasteiger partial charge in [0.1, 0.15) is 6.04 Å². The van der Waals surface area contributed by atoms with Crippen LogP contribution in [-0.2, 0) is 22.6 Å². The van der Waals surface area contributed by atoms with Crippen molar-refractivity contribution >= 4 is 11.8 Å². The molecule has 2 amide bonds. The summed E-state index contributed by atoms with van der Waals surface area (Å²) in [5.41, 5.74) is 4.29. The van der Waals surface area contributed by atoms with Crippen LogP contribution in [0.4, 0.5) is 0 Å². The summed E-state index contributed by atoms with van der Waals surface area (Å²) in [6.07, 6.45) is 1.14. The lowest BCUT2D eigenvalue weighted by atomic mass is 10.1. The number of nitrogens with one attached hydrogen (secondary N) is 1. The van der Waals surface area contributed by atoms with Gasteiger partial charge in [-0.15, -0.1) is 0 Å². The quantitative estimate of drug-likeness (QED) is 0.747. The van der Waals surface area contributed by atoms with Crippen LogP contribution < -0.4 is 5.32 Å². The van der Waals surface area contributed by atoms with Gasteiger partial charge in [0, 0.05) is 12.6 Å². The van der Waals surface area contributed by atoms with E-state index >= 15 is 0 Å². The van der Waals surface area contributed by atoms with E-state index in [1.54, 1.807) is 11.8 Å². The average molecular weight is 381 g/mol. The number of rotatable bonds is 8. The van der Waals surface area contributed by atoms with Crippen molar-refractivity contribution < 1.29 is 9.59 Å². The summed E-state index contributed by atoms with van der Waals surface area (Å²) in [4.78, 5) is 27.5. The van der Waals surface area contributed by atoms with E-state index in [9.17, 15) is 9.59 Å². The molecule has 0 spiro atoms. The van der Waals surface area contributed by atoms with Crippen LogP contribution in [-0.4, -0.2) is 28.8 Å². The molecule has 0 radical (unpaired) electrons. The molecule has 0 aliphatic carbocycles. The SMILES string of the molecule is CC[C@@H](C)NC(=O)[C@H](C)N(Cc1cccc(C)c1)C(=O)Cc1ccc(C)cc1. The summed E-state index contributed by atoms with van der Waals surface area (Å²) in [5, 5.41) is 3.00. The molecule has 0 heterocycles. The van der Waals surface area contributed by atoms with Gasteiger partial charge in [0.05, 0.1) is 6.42 Å². The number of carbonyl (C=O) groups is 2. The highest BCUT2D eigenvalue weighted by Gasteiger charge is 2.26. The molecule has 2 aromatic carbocycles. The smallest absolute Gasteiger partial charge is 0.242 e. The summed E-state index contributed by atoms with van der Waals surface area (Å²) in [7, 11) is 0. The third-order valence-electron chi connectivity index (χ3n) is 5.08. The summed E-state index contributed by atoms with van der Waals surface area (Å²) in [6.45, 7) is 10.3. The molecule has 0 unspecified atom stereocenters. The Morgan fingerprint density at radius 3 is 2.25 bits per heavy atom. The fraction of sp³-hybridized carbons (Fsp3) is 0.417. The van der Waals surface area contributed by atoms with Crippen LogP contribution in [0.25, 0.3) is 0 Å². The molecule has 2 aromatic rings. The monoisotopic (exact) mass is 380 g/mol. The zero-order chi connectivity index (χ0) is 20.7. The molecule has 150 valence electrons. The normalized spacial score (nSPS) is 12.9. The molecular formula is C24H32N2O2. The van der Waals surface area contributed by atoms with E-state index in [-0.39, 0.29) is 24.3 Å². The molecule has 4 nitrogen and oxygen atoms in total. The van der Waals surface area contributed by atoms with Gasteiger partial charge < -0.3 is 10.2 Å². The Balaban J connectivity index is 2.22. The van der Waals surface area contributed by atoms with Crippen molar-refractivity contribution in [3.63, 3.8) is 0 Å². The summed E-state index contributed by atoms with van der Waals surface area (Å²) >= 11 is 0. The zero-order valence-electron chi connectivity index (χ0n) is 17.7. The number of hydrogen-bond acceptors (Lipinski definition) is 2. The molecule has 4 heteroatoms. The third kappa shape index (κ3) is 6.22. The second-order valence-corrected chi connectivity index (χ2v) is 7.67. The van der Waals surface area contributed by atoms with E-state index in [0.717, 1.165) is 28.7 Å². The number of benzene rings is 2. The van der Waals surface area contributed by atoms with Crippen molar-refractivity contribution in [1.82, 2.24) is 10.2 Å². The Labute approximate surface area is 169 Å². The fourth-order valence-corrected chi connectivity index (χ4v) is 3.04. The first kappa shape index (κ1) is 21.7. The maximum atomic E-state index is 13.1. The molecule has 0 aliphatic rings. The van der Waals surface area contributed by atoms with Crippen LogP contribution in [0.2, 0.25) is 0 Å². The average Bonchev–Trinajstić information content (AvgIpc) is 2.67. The summed E-state index contributed by atoms with van der Waals surface area (Å²) in [6, 6.07) is 15.6. The van der Waals surface area contributed by atoms with Crippen LogP contribution >= 0.6 is 0 Å². The lowest BCUT2D eigenvalue weighted by Gasteiger charge is -2.30. The van der Waals surface area contributed by atoms with Crippen LogP contribution in [0, 0.1) is 13.8 Å². The van der Waals surface area contributed by atoms with Gasteiger partial charge in [0.15, 0.2) is 0 Å². The number of hydrogen-bond donors (Lipinski definition) is 1. The molecular weight excluding hydrogens is 348 g/mol. The second kappa shape index (κ2) is 10.1. The van der Waals surface area contributed by atoms with Crippen LogP contribution in [0.3, 0.4) is 0 Å². The number of amides is 2. The standard InChI is InChI=1S/C24H32N2O2/c1-6-19(4)25-24(28)20(5)26(16-22-9-7-8-18(3)14-22)23(27)15-21-12-10-17(2)11-13-21/h7-14,19-20H,6,15-16H2,1-5H3,(H,25,28)/t19-,20+/m1/s1. The van der Waals surface area contributed by atoms with Gasteiger partial charge in [-0.1, -0.05) is 66.6 Å². The van der Waals surface area contributed by atoms with Crippen LogP contribution in [0.5, 0.6) is 0 Å². The molecule has 1 N–H and O–H groups in total. The van der Waals surface area contributed by atoms with Gasteiger partial charge in [-0.2, -0.15) is 0 Å². The molecule has 0 bridgehead atoms. The molecule has 28 heavy (non-hydrogen) atoms. The van der Waals surface area contributed by atoms with E-state index in [1.807, 2.05) is 70.2 Å². The highest BCUT2D eigenvalue weighted by atomic mass is 16.2. The Bertz CT molecular complexity index is 799. The summed E-state index contributed by atoms with van der Waals surface area (Å²) < 4.78 is 0. The molecule has 0 aliphatic heterocycles. The van der Waals surface area contributed by atoms with Crippen LogP contribution in [0.1, 0.15) is 49.4 Å². The Morgan fingerprint density at radius 2 is 1.64 bits per heavy atom. The molecule has 2 atom stereocenters. The predicted octanol–water partition coefficient (Wildman–Crippen LogP) is 4.18. The molecule has 0 saturated carbocycles. The van der Waals surface area contributed by atoms with E-state index in [0.29, 0.717) is 6.54 Å². The van der Waals surface area contributed by atoms with Gasteiger partial charge in [-0.05, 0) is 45.2 Å². The first-order valence-electron chi connectivity index (χ1n) is 10.0. The van der Waals surface area contributed by atoms with Gasteiger partial charge in [0.25, 0.3) is 0 Å². The topological polar surface area (TPSA) is 49.4 Å². The Hall–Kier alpha value is -2.62. The largest absolute Gasteiger partial charge is 0.352 e. The first-order valence-corrected chi connectivity index (χ1v) is 10.0. The van der Waals surface area contributed by atoms with Gasteiger partial charge in [-0.25, -0.2) is 0 Å². The third-order valence-corrected chi connectivity index (χ3v) is 5.08. The maximum absolute atomic E-state index is 13.1. The van der Waals surface area contributed by atoms with Crippen molar-refractivity contribution in [2.45, 2.75) is 66.1 Å². The van der Waals surface area contributed by atoms with Crippen molar-refractivity contribution in [2.75, 3.05) is 0 Å². The van der Waals surface area contributed by atoms with E-state index in [1.165, 1.54) is 0 Å². The molecule has 2 rings (SSSR count). The lowest BCUT2D eigenvalue weighted by Crippen LogP contribution is -2.49. The number of aryl methyl sites for hydroxylation is 2. The Kier molecular flexibility index (Phi) is 7.80. The van der Waals surface area contributed by atoms with Crippen molar-refractivity contribution in [3.05, 3.63) is 70.8 Å². The lowest BCUT2D eigenvalue weighted by molar-refractivity contribution is -0.140. The predicted molar refractivity (Wildman–Crippen MR) is 114 cm³/mol. The highest BCUT2D eigenvalue weighted by molar-refractivity contribution is 5.88. The molecule has 0 saturated heterocycles. The van der Waals surface area contributed by atoms with E-state index < -0.39 is 6.04 Å². The van der Waals surface area contributed by atoms with Crippen molar-refractivity contribution in [3.8, 4) is 0 Å². The first-order chi connectivity index (χ1) is 13.3. The fourth-order valence-electron chi connectivity index (χ4n) is 3.04. The number of carbonyl (C=O) groups excluding carboxylic acids is 2. The van der Waals surface area contributed by atoms with E-state index in [4.69, 9.17) is 0 Å². The van der Waals surface area contributed by atoms with Crippen LogP contribution in [0.15, 0.2) is 48.5 Å². The van der Waals surface area contributed by atoms with Gasteiger partial charge in [0.2, 0.25) is 11.8 Å². The van der Waals surface area contributed by atoms with Crippen molar-refractivity contribution in [1.29, 1.82) is 0 Å². The summed E-state index contributed by atoms with van der Waals surface area (Å²) in [5.74, 6) is -0.156. The molecule has 0 aromatic heterocycles. The minimum absolute atomic E-state index is 0.0443. The minimum atomic E-state index is -0.535. The van der Waals surface area contributed by atoms with Gasteiger partial charge in [-0.3, -0.25) is 9.59 Å². The minimum Gasteiger partial charge on any atom is -0.352 e. The second-order valence-electron chi connectivity index (χ2n) is 7.67. The maximum Gasteiger partial charge on any atom is 0.242 e. The Morgan fingerprint density at radius 1 is 0.964 bits per heavy atom. The van der Waals surface area contributed by atoms with Gasteiger partial charge >= 0.3 is 0 Å². The number of nitrogens with zero attached hydrogens (tertiary/aromatic N) is 1. The van der Waals surface area contributed by atoms with Crippen molar-refractivity contribution in [2.24, 2.45) is 0 Å². The molecule has 0 fully saturated rings. The zero-order valence-corrected chi connectivity index (χ0v) is 17.7.